The quantitative estimate of drug-likeness (QED) is 0.749. The highest BCUT2D eigenvalue weighted by atomic mass is 16.4. The van der Waals surface area contributed by atoms with Crippen molar-refractivity contribution in [3.05, 3.63) is 0 Å². The summed E-state index contributed by atoms with van der Waals surface area (Å²) in [6.45, 7) is 1.99. The summed E-state index contributed by atoms with van der Waals surface area (Å²) in [6.07, 6.45) is 11.8. The lowest BCUT2D eigenvalue weighted by atomic mass is 9.79. The van der Waals surface area contributed by atoms with Crippen LogP contribution in [0.3, 0.4) is 0 Å². The molecule has 3 aliphatic rings. The lowest BCUT2D eigenvalue weighted by Gasteiger charge is -2.35. The van der Waals surface area contributed by atoms with Crippen molar-refractivity contribution < 1.29 is 9.90 Å². The third-order valence-corrected chi connectivity index (χ3v) is 5.27. The van der Waals surface area contributed by atoms with Gasteiger partial charge in [-0.1, -0.05) is 25.7 Å². The average molecular weight is 265 g/mol. The van der Waals surface area contributed by atoms with Crippen LogP contribution in [0.25, 0.3) is 0 Å². The van der Waals surface area contributed by atoms with Crippen LogP contribution in [-0.4, -0.2) is 35.1 Å². The van der Waals surface area contributed by atoms with Gasteiger partial charge >= 0.3 is 5.97 Å². The minimum atomic E-state index is -0.532. The first-order valence-electron chi connectivity index (χ1n) is 8.17. The molecule has 3 rings (SSSR count). The van der Waals surface area contributed by atoms with Crippen LogP contribution in [-0.2, 0) is 4.79 Å². The summed E-state index contributed by atoms with van der Waals surface area (Å²) >= 11 is 0. The molecule has 0 amide bonds. The van der Waals surface area contributed by atoms with Gasteiger partial charge in [0.05, 0.1) is 5.41 Å². The molecule has 0 unspecified atom stereocenters. The van der Waals surface area contributed by atoms with Crippen LogP contribution in [0, 0.1) is 11.3 Å². The number of carboxylic acid groups (broad SMARTS) is 1. The monoisotopic (exact) mass is 265 g/mol. The summed E-state index contributed by atoms with van der Waals surface area (Å²) in [6, 6.07) is 0.708. The summed E-state index contributed by atoms with van der Waals surface area (Å²) in [5.41, 5.74) is -0.437. The molecule has 3 saturated carbocycles. The fourth-order valence-electron chi connectivity index (χ4n) is 3.65. The number of carboxylic acids is 1. The van der Waals surface area contributed by atoms with Crippen molar-refractivity contribution in [3.63, 3.8) is 0 Å². The molecule has 0 aromatic rings. The van der Waals surface area contributed by atoms with E-state index in [-0.39, 0.29) is 0 Å². The van der Waals surface area contributed by atoms with E-state index in [0.29, 0.717) is 6.04 Å². The standard InChI is InChI=1S/C16H27NO2/c18-15(19)16(9-3-1-2-4-10-16)12-17(14-7-8-14)11-13-5-6-13/h13-14H,1-12H2,(H,18,19). The molecule has 3 fully saturated rings. The summed E-state index contributed by atoms with van der Waals surface area (Å²) in [5.74, 6) is 0.341. The van der Waals surface area contributed by atoms with Gasteiger partial charge in [0.1, 0.15) is 0 Å². The Labute approximate surface area is 116 Å². The average Bonchev–Trinajstić information content (AvgIpc) is 3.24. The molecule has 108 valence electrons. The van der Waals surface area contributed by atoms with E-state index in [4.69, 9.17) is 0 Å². The van der Waals surface area contributed by atoms with Gasteiger partial charge in [0.2, 0.25) is 0 Å². The van der Waals surface area contributed by atoms with E-state index in [1.165, 1.54) is 45.1 Å². The van der Waals surface area contributed by atoms with Gasteiger partial charge in [0, 0.05) is 19.1 Å². The lowest BCUT2D eigenvalue weighted by Crippen LogP contribution is -2.44. The Morgan fingerprint density at radius 1 is 1.05 bits per heavy atom. The molecule has 0 heterocycles. The van der Waals surface area contributed by atoms with Crippen LogP contribution in [0.2, 0.25) is 0 Å². The first-order chi connectivity index (χ1) is 9.20. The summed E-state index contributed by atoms with van der Waals surface area (Å²) in [7, 11) is 0. The predicted molar refractivity (Wildman–Crippen MR) is 75.1 cm³/mol. The Balaban J connectivity index is 1.68. The van der Waals surface area contributed by atoms with Crippen LogP contribution in [0.15, 0.2) is 0 Å². The van der Waals surface area contributed by atoms with Crippen molar-refractivity contribution in [3.8, 4) is 0 Å². The normalized spacial score (nSPS) is 27.2. The molecule has 3 aliphatic carbocycles. The highest BCUT2D eigenvalue weighted by Gasteiger charge is 2.44. The molecule has 0 saturated heterocycles. The van der Waals surface area contributed by atoms with Gasteiger partial charge in [-0.05, 0) is 44.4 Å². The van der Waals surface area contributed by atoms with Gasteiger partial charge in [-0.25, -0.2) is 0 Å². The van der Waals surface area contributed by atoms with E-state index in [1.54, 1.807) is 0 Å². The van der Waals surface area contributed by atoms with Crippen molar-refractivity contribution in [1.82, 2.24) is 4.90 Å². The van der Waals surface area contributed by atoms with Gasteiger partial charge in [0.15, 0.2) is 0 Å². The molecule has 0 aromatic carbocycles. The fraction of sp³-hybridized carbons (Fsp3) is 0.938. The smallest absolute Gasteiger partial charge is 0.310 e. The first kappa shape index (κ1) is 13.4. The van der Waals surface area contributed by atoms with Gasteiger partial charge in [-0.2, -0.15) is 0 Å². The molecule has 3 heteroatoms. The molecular formula is C16H27NO2. The summed E-state index contributed by atoms with van der Waals surface area (Å²) in [5, 5.41) is 9.79. The number of aliphatic carboxylic acids is 1. The van der Waals surface area contributed by atoms with E-state index < -0.39 is 11.4 Å². The zero-order chi connectivity index (χ0) is 13.3. The maximum absolute atomic E-state index is 11.9. The van der Waals surface area contributed by atoms with E-state index in [0.717, 1.165) is 38.1 Å². The second kappa shape index (κ2) is 5.43. The minimum absolute atomic E-state index is 0.437. The van der Waals surface area contributed by atoms with Crippen LogP contribution in [0.5, 0.6) is 0 Å². The Morgan fingerprint density at radius 2 is 1.68 bits per heavy atom. The molecule has 0 spiro atoms. The van der Waals surface area contributed by atoms with E-state index in [1.807, 2.05) is 0 Å². The Kier molecular flexibility index (Phi) is 3.84. The number of carbonyl (C=O) groups is 1. The molecule has 0 aromatic heterocycles. The number of hydrogen-bond acceptors (Lipinski definition) is 2. The third-order valence-electron chi connectivity index (χ3n) is 5.27. The zero-order valence-electron chi connectivity index (χ0n) is 11.9. The largest absolute Gasteiger partial charge is 0.481 e. The lowest BCUT2D eigenvalue weighted by molar-refractivity contribution is -0.151. The molecule has 19 heavy (non-hydrogen) atoms. The number of rotatable bonds is 6. The van der Waals surface area contributed by atoms with Crippen LogP contribution in [0.4, 0.5) is 0 Å². The van der Waals surface area contributed by atoms with Gasteiger partial charge in [-0.15, -0.1) is 0 Å². The Bertz CT molecular complexity index is 326. The predicted octanol–water partition coefficient (Wildman–Crippen LogP) is 3.29. The van der Waals surface area contributed by atoms with Crippen LogP contribution < -0.4 is 0 Å². The van der Waals surface area contributed by atoms with Gasteiger partial charge in [-0.3, -0.25) is 9.69 Å². The highest BCUT2D eigenvalue weighted by molar-refractivity contribution is 5.75. The second-order valence-corrected chi connectivity index (χ2v) is 7.10. The minimum Gasteiger partial charge on any atom is -0.481 e. The highest BCUT2D eigenvalue weighted by Crippen LogP contribution is 2.41. The van der Waals surface area contributed by atoms with Crippen LogP contribution in [0.1, 0.15) is 64.2 Å². The molecule has 0 radical (unpaired) electrons. The van der Waals surface area contributed by atoms with E-state index in [2.05, 4.69) is 4.90 Å². The summed E-state index contributed by atoms with van der Waals surface area (Å²) < 4.78 is 0. The van der Waals surface area contributed by atoms with Gasteiger partial charge in [0.25, 0.3) is 0 Å². The van der Waals surface area contributed by atoms with E-state index in [9.17, 15) is 9.90 Å². The first-order valence-corrected chi connectivity index (χ1v) is 8.17. The topological polar surface area (TPSA) is 40.5 Å². The zero-order valence-corrected chi connectivity index (χ0v) is 11.9. The van der Waals surface area contributed by atoms with E-state index >= 15 is 0 Å². The number of hydrogen-bond donors (Lipinski definition) is 1. The Hall–Kier alpha value is -0.570. The molecule has 1 N–H and O–H groups in total. The molecule has 3 nitrogen and oxygen atoms in total. The van der Waals surface area contributed by atoms with Crippen molar-refractivity contribution >= 4 is 5.97 Å². The molecule has 0 atom stereocenters. The van der Waals surface area contributed by atoms with Crippen molar-refractivity contribution in [2.45, 2.75) is 70.3 Å². The van der Waals surface area contributed by atoms with Crippen molar-refractivity contribution in [2.24, 2.45) is 11.3 Å². The fourth-order valence-corrected chi connectivity index (χ4v) is 3.65. The third kappa shape index (κ3) is 3.31. The van der Waals surface area contributed by atoms with Crippen molar-refractivity contribution in [1.29, 1.82) is 0 Å². The van der Waals surface area contributed by atoms with Gasteiger partial charge < -0.3 is 5.11 Å². The SMILES string of the molecule is O=C(O)C1(CN(CC2CC2)C2CC2)CCCCCC1. The summed E-state index contributed by atoms with van der Waals surface area (Å²) in [4.78, 5) is 14.4. The molecular weight excluding hydrogens is 238 g/mol. The van der Waals surface area contributed by atoms with Crippen LogP contribution >= 0.6 is 0 Å². The molecule has 0 bridgehead atoms. The van der Waals surface area contributed by atoms with Crippen molar-refractivity contribution in [2.75, 3.05) is 13.1 Å². The maximum Gasteiger partial charge on any atom is 0.310 e. The second-order valence-electron chi connectivity index (χ2n) is 7.10. The Morgan fingerprint density at radius 3 is 2.16 bits per heavy atom. The number of nitrogens with zero attached hydrogens (tertiary/aromatic N) is 1. The maximum atomic E-state index is 11.9. The molecule has 0 aliphatic heterocycles.